The third-order valence-corrected chi connectivity index (χ3v) is 3.52. The van der Waals surface area contributed by atoms with Gasteiger partial charge in [-0.15, -0.1) is 0 Å². The largest absolute Gasteiger partial charge is 0.302 e. The molecule has 0 bridgehead atoms. The molecule has 0 aromatic carbocycles. The van der Waals surface area contributed by atoms with E-state index in [4.69, 9.17) is 5.26 Å². The summed E-state index contributed by atoms with van der Waals surface area (Å²) in [6, 6.07) is 2.21. The molecular weight excluding hydrogens is 160 g/mol. The van der Waals surface area contributed by atoms with Gasteiger partial charge in [0.25, 0.3) is 0 Å². The van der Waals surface area contributed by atoms with Crippen LogP contribution in [0.3, 0.4) is 0 Å². The molecule has 2 nitrogen and oxygen atoms in total. The van der Waals surface area contributed by atoms with E-state index in [9.17, 15) is 0 Å². The maximum atomic E-state index is 8.49. The second-order valence-electron chi connectivity index (χ2n) is 4.74. The summed E-state index contributed by atoms with van der Waals surface area (Å²) in [5, 5.41) is 8.49. The molecule has 1 rings (SSSR count). The number of rotatable bonds is 3. The Bertz CT molecular complexity index is 205. The summed E-state index contributed by atoms with van der Waals surface area (Å²) < 4.78 is 0. The zero-order valence-corrected chi connectivity index (χ0v) is 9.01. The van der Waals surface area contributed by atoms with E-state index in [1.165, 1.54) is 19.5 Å². The van der Waals surface area contributed by atoms with E-state index in [2.05, 4.69) is 31.7 Å². The van der Waals surface area contributed by atoms with Gasteiger partial charge in [0.05, 0.1) is 6.07 Å². The molecule has 13 heavy (non-hydrogen) atoms. The van der Waals surface area contributed by atoms with Crippen molar-refractivity contribution in [3.63, 3.8) is 0 Å². The summed E-state index contributed by atoms with van der Waals surface area (Å²) >= 11 is 0. The van der Waals surface area contributed by atoms with Gasteiger partial charge in [0, 0.05) is 19.5 Å². The average molecular weight is 180 g/mol. The minimum atomic E-state index is 0.482. The quantitative estimate of drug-likeness (QED) is 0.666. The number of hydrogen-bond acceptors (Lipinski definition) is 2. The van der Waals surface area contributed by atoms with Crippen LogP contribution < -0.4 is 0 Å². The smallest absolute Gasteiger partial charge is 0.0635 e. The molecule has 1 saturated heterocycles. The predicted octanol–water partition coefficient (Wildman–Crippen LogP) is 2.27. The standard InChI is InChI=1S/C11H20N2/c1-10(2)11(3)5-8-13(9-11)7-4-6-12/h10H,4-5,7-9H2,1-3H3. The molecule has 1 unspecified atom stereocenters. The Labute approximate surface area is 81.5 Å². The first kappa shape index (κ1) is 10.5. The molecule has 0 aromatic heterocycles. The molecule has 1 fully saturated rings. The number of nitrogens with zero attached hydrogens (tertiary/aromatic N) is 2. The fourth-order valence-corrected chi connectivity index (χ4v) is 1.95. The molecule has 0 N–H and O–H groups in total. The molecule has 0 radical (unpaired) electrons. The first-order valence-electron chi connectivity index (χ1n) is 5.18. The lowest BCUT2D eigenvalue weighted by Crippen LogP contribution is -2.29. The highest BCUT2D eigenvalue weighted by Gasteiger charge is 2.35. The fourth-order valence-electron chi connectivity index (χ4n) is 1.95. The molecule has 0 aliphatic carbocycles. The van der Waals surface area contributed by atoms with Crippen molar-refractivity contribution in [3.05, 3.63) is 0 Å². The van der Waals surface area contributed by atoms with E-state index >= 15 is 0 Å². The van der Waals surface area contributed by atoms with Gasteiger partial charge in [-0.3, -0.25) is 0 Å². The summed E-state index contributed by atoms with van der Waals surface area (Å²) in [4.78, 5) is 2.42. The molecule has 1 aliphatic heterocycles. The van der Waals surface area contributed by atoms with Crippen molar-refractivity contribution in [2.45, 2.75) is 33.6 Å². The molecule has 0 amide bonds. The Hall–Kier alpha value is -0.550. The normalized spacial score (nSPS) is 29.5. The molecule has 0 spiro atoms. The van der Waals surface area contributed by atoms with E-state index < -0.39 is 0 Å². The molecule has 74 valence electrons. The van der Waals surface area contributed by atoms with Gasteiger partial charge in [0.1, 0.15) is 0 Å². The first-order chi connectivity index (χ1) is 6.08. The number of likely N-dealkylation sites (tertiary alicyclic amines) is 1. The molecular formula is C11H20N2. The lowest BCUT2D eigenvalue weighted by atomic mass is 9.78. The van der Waals surface area contributed by atoms with Crippen LogP contribution in [0.2, 0.25) is 0 Å². The first-order valence-corrected chi connectivity index (χ1v) is 5.18. The topological polar surface area (TPSA) is 27.0 Å². The molecule has 2 heteroatoms. The minimum absolute atomic E-state index is 0.482. The maximum Gasteiger partial charge on any atom is 0.0635 e. The maximum absolute atomic E-state index is 8.49. The number of hydrogen-bond donors (Lipinski definition) is 0. The second kappa shape index (κ2) is 4.11. The predicted molar refractivity (Wildman–Crippen MR) is 54.2 cm³/mol. The highest BCUT2D eigenvalue weighted by molar-refractivity contribution is 4.89. The van der Waals surface area contributed by atoms with Crippen LogP contribution in [0.1, 0.15) is 33.6 Å². The van der Waals surface area contributed by atoms with E-state index in [0.29, 0.717) is 11.8 Å². The van der Waals surface area contributed by atoms with Gasteiger partial charge in [0.2, 0.25) is 0 Å². The summed E-state index contributed by atoms with van der Waals surface area (Å²) in [6.45, 7) is 10.3. The molecule has 0 aromatic rings. The van der Waals surface area contributed by atoms with E-state index in [-0.39, 0.29) is 0 Å². The van der Waals surface area contributed by atoms with Gasteiger partial charge in [-0.1, -0.05) is 20.8 Å². The van der Waals surface area contributed by atoms with Crippen molar-refractivity contribution in [1.82, 2.24) is 4.90 Å². The van der Waals surface area contributed by atoms with Crippen LogP contribution in [0, 0.1) is 22.7 Å². The van der Waals surface area contributed by atoms with Crippen molar-refractivity contribution >= 4 is 0 Å². The molecule has 1 heterocycles. The zero-order valence-electron chi connectivity index (χ0n) is 9.01. The van der Waals surface area contributed by atoms with Crippen LogP contribution in [-0.2, 0) is 0 Å². The summed E-state index contributed by atoms with van der Waals surface area (Å²) in [6.07, 6.45) is 1.96. The van der Waals surface area contributed by atoms with Crippen molar-refractivity contribution < 1.29 is 0 Å². The van der Waals surface area contributed by atoms with Crippen LogP contribution in [0.25, 0.3) is 0 Å². The highest BCUT2D eigenvalue weighted by atomic mass is 15.2. The summed E-state index contributed by atoms with van der Waals surface area (Å²) in [7, 11) is 0. The van der Waals surface area contributed by atoms with Gasteiger partial charge in [-0.25, -0.2) is 0 Å². The molecule has 1 atom stereocenters. The van der Waals surface area contributed by atoms with E-state index in [0.717, 1.165) is 12.5 Å². The average Bonchev–Trinajstić information content (AvgIpc) is 2.45. The Morgan fingerprint density at radius 1 is 1.54 bits per heavy atom. The lowest BCUT2D eigenvalue weighted by molar-refractivity contribution is 0.211. The summed E-state index contributed by atoms with van der Waals surface area (Å²) in [5.74, 6) is 0.750. The minimum Gasteiger partial charge on any atom is -0.302 e. The van der Waals surface area contributed by atoms with Gasteiger partial charge in [-0.05, 0) is 24.3 Å². The van der Waals surface area contributed by atoms with Crippen LogP contribution in [0.4, 0.5) is 0 Å². The third kappa shape index (κ3) is 2.45. The summed E-state index contributed by atoms with van der Waals surface area (Å²) in [5.41, 5.74) is 0.482. The lowest BCUT2D eigenvalue weighted by Gasteiger charge is -2.28. The van der Waals surface area contributed by atoms with Gasteiger partial charge >= 0.3 is 0 Å². The van der Waals surface area contributed by atoms with Crippen LogP contribution in [-0.4, -0.2) is 24.5 Å². The van der Waals surface area contributed by atoms with E-state index in [1.807, 2.05) is 0 Å². The highest BCUT2D eigenvalue weighted by Crippen LogP contribution is 2.36. The Balaban J connectivity index is 2.40. The van der Waals surface area contributed by atoms with Crippen LogP contribution >= 0.6 is 0 Å². The van der Waals surface area contributed by atoms with Crippen molar-refractivity contribution in [2.75, 3.05) is 19.6 Å². The van der Waals surface area contributed by atoms with Crippen molar-refractivity contribution in [3.8, 4) is 6.07 Å². The Morgan fingerprint density at radius 2 is 2.23 bits per heavy atom. The Morgan fingerprint density at radius 3 is 2.69 bits per heavy atom. The van der Waals surface area contributed by atoms with Gasteiger partial charge in [-0.2, -0.15) is 5.26 Å². The number of nitriles is 1. The monoisotopic (exact) mass is 180 g/mol. The fraction of sp³-hybridized carbons (Fsp3) is 0.909. The van der Waals surface area contributed by atoms with Gasteiger partial charge in [0.15, 0.2) is 0 Å². The van der Waals surface area contributed by atoms with Crippen molar-refractivity contribution in [1.29, 1.82) is 5.26 Å². The van der Waals surface area contributed by atoms with Crippen molar-refractivity contribution in [2.24, 2.45) is 11.3 Å². The third-order valence-electron chi connectivity index (χ3n) is 3.52. The Kier molecular flexibility index (Phi) is 3.33. The second-order valence-corrected chi connectivity index (χ2v) is 4.74. The molecule has 1 aliphatic rings. The van der Waals surface area contributed by atoms with Gasteiger partial charge < -0.3 is 4.90 Å². The van der Waals surface area contributed by atoms with E-state index in [1.54, 1.807) is 0 Å². The van der Waals surface area contributed by atoms with Crippen LogP contribution in [0.15, 0.2) is 0 Å². The SMILES string of the molecule is CC(C)C1(C)CCN(CCC#N)C1. The molecule has 0 saturated carbocycles. The zero-order chi connectivity index (χ0) is 9.90. The van der Waals surface area contributed by atoms with Crippen LogP contribution in [0.5, 0.6) is 0 Å².